The first-order valence-electron chi connectivity index (χ1n) is 12.3. The number of hydrogen-bond acceptors (Lipinski definition) is 8. The third-order valence-electron chi connectivity index (χ3n) is 6.66. The van der Waals surface area contributed by atoms with Crippen molar-refractivity contribution in [3.05, 3.63) is 71.4 Å². The van der Waals surface area contributed by atoms with E-state index in [4.69, 9.17) is 4.74 Å². The smallest absolute Gasteiger partial charge is 0.262 e. The van der Waals surface area contributed by atoms with Gasteiger partial charge in [-0.25, -0.2) is 21.2 Å². The highest BCUT2D eigenvalue weighted by Gasteiger charge is 2.36. The Kier molecular flexibility index (Phi) is 8.85. The molecule has 2 aromatic carbocycles. The van der Waals surface area contributed by atoms with Gasteiger partial charge in [-0.05, 0) is 54.8 Å². The highest BCUT2D eigenvalue weighted by Crippen LogP contribution is 2.36. The summed E-state index contributed by atoms with van der Waals surface area (Å²) in [4.78, 5) is 14.9. The molecule has 0 aliphatic carbocycles. The summed E-state index contributed by atoms with van der Waals surface area (Å²) in [5.41, 5.74) is -0.00471. The van der Waals surface area contributed by atoms with Crippen LogP contribution < -0.4 is 9.46 Å². The van der Waals surface area contributed by atoms with E-state index < -0.39 is 49.8 Å². The zero-order valence-corrected chi connectivity index (χ0v) is 24.5. The topological polar surface area (TPSA) is 133 Å². The molecule has 3 aromatic rings. The van der Waals surface area contributed by atoms with E-state index in [1.807, 2.05) is 0 Å². The summed E-state index contributed by atoms with van der Waals surface area (Å²) < 4.78 is 76.0. The molecule has 1 aliphatic heterocycles. The number of amides is 1. The average molecular weight is 612 g/mol. The summed E-state index contributed by atoms with van der Waals surface area (Å²) >= 11 is 1.08. The molecule has 1 aromatic heterocycles. The molecule has 2 heterocycles. The van der Waals surface area contributed by atoms with Gasteiger partial charge in [-0.1, -0.05) is 19.1 Å². The van der Waals surface area contributed by atoms with Gasteiger partial charge in [0.15, 0.2) is 5.75 Å². The molecule has 216 valence electrons. The number of ether oxygens (including phenoxy) is 1. The Labute approximate surface area is 237 Å². The van der Waals surface area contributed by atoms with Gasteiger partial charge in [0.05, 0.1) is 35.3 Å². The normalized spacial score (nSPS) is 18.9. The number of thiophene rings is 1. The molecule has 0 bridgehead atoms. The van der Waals surface area contributed by atoms with E-state index in [-0.39, 0.29) is 45.8 Å². The number of carbonyl (C=O) groups excluding carboxylic acids is 1. The summed E-state index contributed by atoms with van der Waals surface area (Å²) in [6.45, 7) is 3.20. The fourth-order valence-corrected chi connectivity index (χ4v) is 7.72. The van der Waals surface area contributed by atoms with Crippen LogP contribution in [0.5, 0.6) is 5.75 Å². The second-order valence-electron chi connectivity index (χ2n) is 9.58. The molecule has 3 atom stereocenters. The first-order chi connectivity index (χ1) is 18.8. The van der Waals surface area contributed by atoms with Crippen molar-refractivity contribution in [3.8, 4) is 5.75 Å². The van der Waals surface area contributed by atoms with Crippen molar-refractivity contribution in [2.24, 2.45) is 5.92 Å². The maximum atomic E-state index is 13.6. The number of nitrogens with one attached hydrogen (secondary N) is 1. The fraction of sp³-hybridized carbons (Fsp3) is 0.346. The van der Waals surface area contributed by atoms with Gasteiger partial charge in [0.25, 0.3) is 26.0 Å². The number of rotatable bonds is 9. The van der Waals surface area contributed by atoms with E-state index in [9.17, 15) is 31.1 Å². The maximum absolute atomic E-state index is 13.6. The van der Waals surface area contributed by atoms with Gasteiger partial charge in [-0.2, -0.15) is 4.31 Å². The number of benzene rings is 2. The number of carbonyl (C=O) groups is 1. The molecular weight excluding hydrogens is 581 g/mol. The Hall–Kier alpha value is -3.04. The summed E-state index contributed by atoms with van der Waals surface area (Å²) in [5, 5.41) is 11.5. The number of halogens is 1. The lowest BCUT2D eigenvalue weighted by atomic mass is 9.99. The lowest BCUT2D eigenvalue weighted by Crippen LogP contribution is -2.50. The van der Waals surface area contributed by atoms with Crippen LogP contribution in [0.1, 0.15) is 24.2 Å². The van der Waals surface area contributed by atoms with Crippen LogP contribution in [0.15, 0.2) is 69.1 Å². The first kappa shape index (κ1) is 29.9. The third kappa shape index (κ3) is 6.15. The highest BCUT2D eigenvalue weighted by atomic mass is 32.2. The van der Waals surface area contributed by atoms with Crippen molar-refractivity contribution in [1.82, 2.24) is 9.21 Å². The SMILES string of the molecule is C[C@@H]1CN([C@@H](C)CO)C(=O)c2cccc(NS(=O)(=O)c3ccc(F)cc3)c2O[C@H]1CN(C)S(=O)(=O)c1cccs1. The van der Waals surface area contributed by atoms with E-state index in [1.54, 1.807) is 25.3 Å². The van der Waals surface area contributed by atoms with Gasteiger partial charge < -0.3 is 14.7 Å². The lowest BCUT2D eigenvalue weighted by Gasteiger charge is -2.38. The minimum absolute atomic E-state index is 0.0419. The van der Waals surface area contributed by atoms with Crippen LogP contribution in [-0.4, -0.2) is 75.9 Å². The van der Waals surface area contributed by atoms with E-state index in [1.165, 1.54) is 36.2 Å². The Bertz CT molecular complexity index is 1560. The zero-order valence-electron chi connectivity index (χ0n) is 22.0. The first-order valence-corrected chi connectivity index (χ1v) is 16.1. The maximum Gasteiger partial charge on any atom is 0.262 e. The number of nitrogens with zero attached hydrogens (tertiary/aromatic N) is 2. The minimum Gasteiger partial charge on any atom is -0.486 e. The van der Waals surface area contributed by atoms with Crippen molar-refractivity contribution < 1.29 is 35.9 Å². The number of aliphatic hydroxyl groups excluding tert-OH is 1. The van der Waals surface area contributed by atoms with Crippen LogP contribution in [0.2, 0.25) is 0 Å². The summed E-state index contributed by atoms with van der Waals surface area (Å²) in [6, 6.07) is 11.2. The highest BCUT2D eigenvalue weighted by molar-refractivity contribution is 7.92. The molecule has 4 rings (SSSR count). The van der Waals surface area contributed by atoms with Crippen LogP contribution in [-0.2, 0) is 20.0 Å². The number of para-hydroxylation sites is 1. The van der Waals surface area contributed by atoms with E-state index in [0.717, 1.165) is 39.9 Å². The molecule has 2 N–H and O–H groups in total. The van der Waals surface area contributed by atoms with Gasteiger partial charge in [0.1, 0.15) is 16.1 Å². The number of sulfonamides is 2. The molecular formula is C26H30FN3O7S3. The van der Waals surface area contributed by atoms with Crippen LogP contribution >= 0.6 is 11.3 Å². The third-order valence-corrected chi connectivity index (χ3v) is 11.2. The molecule has 0 saturated heterocycles. The number of likely N-dealkylation sites (N-methyl/N-ethyl adjacent to an activating group) is 1. The number of hydrogen-bond donors (Lipinski definition) is 2. The molecule has 1 aliphatic rings. The largest absolute Gasteiger partial charge is 0.486 e. The molecule has 40 heavy (non-hydrogen) atoms. The average Bonchev–Trinajstić information content (AvgIpc) is 3.47. The second-order valence-corrected chi connectivity index (χ2v) is 14.5. The standard InChI is InChI=1S/C26H30FN3O7S3/c1-17-14-30(18(2)16-31)26(32)21-6-4-7-22(28-39(33,34)20-11-9-19(27)10-12-20)25(21)37-23(17)15-29(3)40(35,36)24-8-5-13-38-24/h4-13,17-18,23,28,31H,14-16H2,1-3H3/t17-,18+,23+/m1/s1. The minimum atomic E-state index is -4.21. The Balaban J connectivity index is 1.76. The molecule has 1 amide bonds. The molecule has 0 radical (unpaired) electrons. The predicted molar refractivity (Wildman–Crippen MR) is 149 cm³/mol. The monoisotopic (exact) mass is 611 g/mol. The molecule has 10 nitrogen and oxygen atoms in total. The predicted octanol–water partition coefficient (Wildman–Crippen LogP) is 3.23. The van der Waals surface area contributed by atoms with Gasteiger partial charge in [0, 0.05) is 19.5 Å². The summed E-state index contributed by atoms with van der Waals surface area (Å²) in [6.07, 6.45) is -0.809. The number of fused-ring (bicyclic) bond motifs is 1. The van der Waals surface area contributed by atoms with Gasteiger partial charge in [0.2, 0.25) is 0 Å². The molecule has 14 heteroatoms. The van der Waals surface area contributed by atoms with E-state index in [0.29, 0.717) is 0 Å². The van der Waals surface area contributed by atoms with E-state index in [2.05, 4.69) is 4.72 Å². The van der Waals surface area contributed by atoms with Gasteiger partial charge in [-0.15, -0.1) is 11.3 Å². The Morgan fingerprint density at radius 2 is 1.85 bits per heavy atom. The van der Waals surface area contributed by atoms with Crippen LogP contribution in [0, 0.1) is 11.7 Å². The zero-order chi connectivity index (χ0) is 29.2. The van der Waals surface area contributed by atoms with Crippen molar-refractivity contribution >= 4 is 43.0 Å². The van der Waals surface area contributed by atoms with E-state index >= 15 is 0 Å². The van der Waals surface area contributed by atoms with Crippen LogP contribution in [0.3, 0.4) is 0 Å². The van der Waals surface area contributed by atoms with Crippen LogP contribution in [0.25, 0.3) is 0 Å². The fourth-order valence-electron chi connectivity index (χ4n) is 4.27. The lowest BCUT2D eigenvalue weighted by molar-refractivity contribution is 0.0389. The molecule has 0 unspecified atom stereocenters. The van der Waals surface area contributed by atoms with Crippen molar-refractivity contribution in [2.75, 3.05) is 31.5 Å². The molecule has 0 saturated carbocycles. The second kappa shape index (κ2) is 11.8. The quantitative estimate of drug-likeness (QED) is 0.380. The number of anilines is 1. The summed E-state index contributed by atoms with van der Waals surface area (Å²) in [7, 11) is -6.62. The van der Waals surface area contributed by atoms with Crippen molar-refractivity contribution in [1.29, 1.82) is 0 Å². The molecule has 0 spiro atoms. The van der Waals surface area contributed by atoms with Gasteiger partial charge >= 0.3 is 0 Å². The van der Waals surface area contributed by atoms with Crippen molar-refractivity contribution in [2.45, 2.75) is 35.1 Å². The Morgan fingerprint density at radius 1 is 1.15 bits per heavy atom. The summed E-state index contributed by atoms with van der Waals surface area (Å²) in [5.74, 6) is -1.58. The van der Waals surface area contributed by atoms with Gasteiger partial charge in [-0.3, -0.25) is 9.52 Å². The van der Waals surface area contributed by atoms with Crippen LogP contribution in [0.4, 0.5) is 10.1 Å². The Morgan fingerprint density at radius 3 is 2.48 bits per heavy atom. The number of aliphatic hydroxyl groups is 1. The van der Waals surface area contributed by atoms with Crippen molar-refractivity contribution in [3.63, 3.8) is 0 Å². The molecule has 0 fully saturated rings.